The highest BCUT2D eigenvalue weighted by Gasteiger charge is 2.44. The van der Waals surface area contributed by atoms with Crippen LogP contribution in [0.5, 0.6) is 0 Å². The Labute approximate surface area is 241 Å². The molecule has 0 aromatic heterocycles. The Kier molecular flexibility index (Phi) is 9.65. The maximum Gasteiger partial charge on any atom is 0.337 e. The van der Waals surface area contributed by atoms with Crippen LogP contribution in [0.1, 0.15) is 78.5 Å². The van der Waals surface area contributed by atoms with Crippen LogP contribution in [0.2, 0.25) is 0 Å². The molecule has 0 spiro atoms. The van der Waals surface area contributed by atoms with Crippen molar-refractivity contribution in [2.45, 2.75) is 72.3 Å². The van der Waals surface area contributed by atoms with E-state index < -0.39 is 29.9 Å². The number of benzene rings is 2. The molecule has 0 amide bonds. The molecule has 0 fully saturated rings. The second-order valence-corrected chi connectivity index (χ2v) is 10.7. The van der Waals surface area contributed by atoms with Crippen molar-refractivity contribution in [3.05, 3.63) is 92.3 Å². The summed E-state index contributed by atoms with van der Waals surface area (Å²) in [7, 11) is 0. The first-order valence-corrected chi connectivity index (χ1v) is 14.2. The van der Waals surface area contributed by atoms with Crippen molar-refractivity contribution in [2.24, 2.45) is 0 Å². The fourth-order valence-corrected chi connectivity index (χ4v) is 5.87. The normalized spacial score (nSPS) is 18.5. The minimum Gasteiger partial charge on any atom is -0.481 e. The van der Waals surface area contributed by atoms with Crippen LogP contribution in [0.3, 0.4) is 0 Å². The van der Waals surface area contributed by atoms with Crippen molar-refractivity contribution in [3.63, 3.8) is 0 Å². The predicted molar refractivity (Wildman–Crippen MR) is 154 cm³/mol. The quantitative estimate of drug-likeness (QED) is 0.273. The van der Waals surface area contributed by atoms with E-state index in [4.69, 9.17) is 14.2 Å². The van der Waals surface area contributed by atoms with Crippen LogP contribution in [0, 0.1) is 20.8 Å². The average Bonchev–Trinajstić information content (AvgIpc) is 2.89. The third kappa shape index (κ3) is 6.70. The Morgan fingerprint density at radius 1 is 1.10 bits per heavy atom. The number of hydrogen-bond acceptors (Lipinski definition) is 7. The summed E-state index contributed by atoms with van der Waals surface area (Å²) in [5.41, 5.74) is 7.18. The first-order chi connectivity index (χ1) is 19.6. The van der Waals surface area contributed by atoms with Gasteiger partial charge in [0.05, 0.1) is 42.4 Å². The van der Waals surface area contributed by atoms with Crippen LogP contribution < -0.4 is 5.32 Å². The Balaban J connectivity index is 1.85. The molecule has 218 valence electrons. The third-order valence-electron chi connectivity index (χ3n) is 7.47. The highest BCUT2D eigenvalue weighted by molar-refractivity contribution is 6.00. The summed E-state index contributed by atoms with van der Waals surface area (Å²) in [4.78, 5) is 38.8. The smallest absolute Gasteiger partial charge is 0.337 e. The minimum atomic E-state index is -0.970. The number of cyclic esters (lactones) is 1. The molecule has 0 aliphatic carbocycles. The van der Waals surface area contributed by atoms with Crippen molar-refractivity contribution in [1.82, 2.24) is 5.32 Å². The molecular weight excluding hydrogens is 522 g/mol. The number of esters is 2. The van der Waals surface area contributed by atoms with Crippen LogP contribution in [0.15, 0.2) is 58.9 Å². The van der Waals surface area contributed by atoms with E-state index in [1.807, 2.05) is 20.8 Å². The molecule has 0 saturated heterocycles. The van der Waals surface area contributed by atoms with Crippen molar-refractivity contribution in [3.8, 4) is 0 Å². The van der Waals surface area contributed by atoms with Gasteiger partial charge in [0.15, 0.2) is 0 Å². The minimum absolute atomic E-state index is 0.137. The predicted octanol–water partition coefficient (Wildman–Crippen LogP) is 5.50. The summed E-state index contributed by atoms with van der Waals surface area (Å²) in [6, 6.07) is 11.2. The number of ether oxygens (including phenoxy) is 3. The van der Waals surface area contributed by atoms with E-state index in [9.17, 15) is 19.5 Å². The van der Waals surface area contributed by atoms with Gasteiger partial charge in [-0.3, -0.25) is 4.79 Å². The number of hydrogen-bond donors (Lipinski definition) is 2. The second-order valence-electron chi connectivity index (χ2n) is 10.7. The summed E-state index contributed by atoms with van der Waals surface area (Å²) < 4.78 is 17.5. The third-order valence-corrected chi connectivity index (χ3v) is 7.47. The van der Waals surface area contributed by atoms with E-state index in [0.717, 1.165) is 35.1 Å². The fourth-order valence-electron chi connectivity index (χ4n) is 5.87. The van der Waals surface area contributed by atoms with Crippen molar-refractivity contribution >= 4 is 17.9 Å². The largest absolute Gasteiger partial charge is 0.481 e. The highest BCUT2D eigenvalue weighted by Crippen LogP contribution is 2.46. The first-order valence-electron chi connectivity index (χ1n) is 14.2. The molecule has 2 aliphatic heterocycles. The standard InChI is InChI=1S/C33H39NO7/c1-6-8-12-39-18-25-31(32(37)40-7-2)29(23-11-9-10-22(15-23)16-27(35)36)30-24(34-25)17-26(41-33(30)38)28-20(4)13-19(3)14-21(28)5/h9-11,13-15,26,29,34H,6-8,12,16-18H2,1-5H3,(H,35,36). The monoisotopic (exact) mass is 561 g/mol. The van der Waals surface area contributed by atoms with E-state index in [2.05, 4.69) is 24.4 Å². The molecule has 2 heterocycles. The molecule has 0 radical (unpaired) electrons. The maximum atomic E-state index is 13.9. The number of aryl methyl sites for hydroxylation is 3. The highest BCUT2D eigenvalue weighted by atomic mass is 16.5. The van der Waals surface area contributed by atoms with Crippen molar-refractivity contribution in [2.75, 3.05) is 19.8 Å². The Morgan fingerprint density at radius 2 is 1.83 bits per heavy atom. The van der Waals surface area contributed by atoms with Gasteiger partial charge in [0.25, 0.3) is 0 Å². The van der Waals surface area contributed by atoms with E-state index in [1.165, 1.54) is 0 Å². The zero-order valence-electron chi connectivity index (χ0n) is 24.5. The summed E-state index contributed by atoms with van der Waals surface area (Å²) in [5, 5.41) is 12.8. The summed E-state index contributed by atoms with van der Waals surface area (Å²) >= 11 is 0. The van der Waals surface area contributed by atoms with Gasteiger partial charge in [0, 0.05) is 18.7 Å². The van der Waals surface area contributed by atoms with Crippen LogP contribution >= 0.6 is 0 Å². The Bertz CT molecular complexity index is 1380. The van der Waals surface area contributed by atoms with E-state index in [-0.39, 0.29) is 25.2 Å². The Morgan fingerprint density at radius 3 is 2.49 bits per heavy atom. The Hall–Kier alpha value is -3.91. The molecule has 0 saturated carbocycles. The van der Waals surface area contributed by atoms with E-state index >= 15 is 0 Å². The SMILES string of the molecule is CCCCOCC1=C(C(=O)OCC)C(c2cccc(CC(=O)O)c2)C2=C(CC(c3c(C)cc(C)cc3C)OC2=O)N1. The zero-order chi connectivity index (χ0) is 29.7. The molecule has 2 aliphatic rings. The molecule has 2 unspecified atom stereocenters. The molecule has 2 N–H and O–H groups in total. The van der Waals surface area contributed by atoms with E-state index in [1.54, 1.807) is 31.2 Å². The molecule has 0 bridgehead atoms. The molecule has 4 rings (SSSR count). The lowest BCUT2D eigenvalue weighted by Gasteiger charge is -2.37. The van der Waals surface area contributed by atoms with Crippen molar-refractivity contribution < 1.29 is 33.7 Å². The number of unbranched alkanes of at least 4 members (excludes halogenated alkanes) is 1. The molecule has 8 nitrogen and oxygen atoms in total. The lowest BCUT2D eigenvalue weighted by atomic mass is 9.77. The van der Waals surface area contributed by atoms with Gasteiger partial charge in [-0.2, -0.15) is 0 Å². The van der Waals surface area contributed by atoms with Gasteiger partial charge in [-0.05, 0) is 61.9 Å². The van der Waals surface area contributed by atoms with E-state index in [0.29, 0.717) is 41.1 Å². The van der Waals surface area contributed by atoms with Gasteiger partial charge in [-0.1, -0.05) is 55.3 Å². The molecule has 2 aromatic rings. The molecule has 8 heteroatoms. The number of carbonyl (C=O) groups excluding carboxylic acids is 2. The molecule has 2 atom stereocenters. The van der Waals surface area contributed by atoms with Gasteiger partial charge in [0.1, 0.15) is 6.10 Å². The molecular formula is C33H39NO7. The number of dihydropyridines is 1. The van der Waals surface area contributed by atoms with Gasteiger partial charge >= 0.3 is 17.9 Å². The number of nitrogens with one attached hydrogen (secondary N) is 1. The number of aliphatic carboxylic acids is 1. The molecule has 41 heavy (non-hydrogen) atoms. The van der Waals surface area contributed by atoms with Gasteiger partial charge < -0.3 is 24.6 Å². The lowest BCUT2D eigenvalue weighted by Crippen LogP contribution is -2.39. The fraction of sp³-hybridized carbons (Fsp3) is 0.424. The second kappa shape index (κ2) is 13.2. The topological polar surface area (TPSA) is 111 Å². The van der Waals surface area contributed by atoms with Gasteiger partial charge in [-0.25, -0.2) is 9.59 Å². The van der Waals surface area contributed by atoms with Crippen LogP contribution in [0.25, 0.3) is 0 Å². The summed E-state index contributed by atoms with van der Waals surface area (Å²) in [6.07, 6.45) is 1.55. The zero-order valence-corrected chi connectivity index (χ0v) is 24.5. The van der Waals surface area contributed by atoms with Crippen molar-refractivity contribution in [1.29, 1.82) is 0 Å². The number of rotatable bonds is 11. The first kappa shape index (κ1) is 30.1. The van der Waals surface area contributed by atoms with Gasteiger partial charge in [-0.15, -0.1) is 0 Å². The van der Waals surface area contributed by atoms with Crippen LogP contribution in [-0.2, 0) is 35.0 Å². The molecule has 2 aromatic carbocycles. The number of carboxylic acid groups (broad SMARTS) is 1. The number of carboxylic acids is 1. The van der Waals surface area contributed by atoms with Crippen LogP contribution in [0.4, 0.5) is 0 Å². The summed E-state index contributed by atoms with van der Waals surface area (Å²) in [6.45, 7) is 10.7. The van der Waals surface area contributed by atoms with Gasteiger partial charge in [0.2, 0.25) is 0 Å². The summed E-state index contributed by atoms with van der Waals surface area (Å²) in [5.74, 6) is -2.86. The van der Waals surface area contributed by atoms with Crippen LogP contribution in [-0.4, -0.2) is 42.8 Å². The maximum absolute atomic E-state index is 13.9. The average molecular weight is 562 g/mol. The lowest BCUT2D eigenvalue weighted by molar-refractivity contribution is -0.147. The number of carbonyl (C=O) groups is 3.